The fourth-order valence-electron chi connectivity index (χ4n) is 1.82. The van der Waals surface area contributed by atoms with E-state index in [1.54, 1.807) is 0 Å². The molecule has 11 heavy (non-hydrogen) atoms. The van der Waals surface area contributed by atoms with Crippen LogP contribution in [0.4, 0.5) is 0 Å². The third-order valence-electron chi connectivity index (χ3n) is 2.55. The molecule has 1 aliphatic carbocycles. The van der Waals surface area contributed by atoms with Crippen LogP contribution < -0.4 is 5.73 Å². The number of hydrogen-bond donors (Lipinski definition) is 1. The molecule has 0 fully saturated rings. The second-order valence-electron chi connectivity index (χ2n) is 3.57. The molecule has 1 nitrogen and oxygen atoms in total. The third-order valence-corrected chi connectivity index (χ3v) is 2.55. The Hall–Kier alpha value is -0.820. The van der Waals surface area contributed by atoms with Crippen molar-refractivity contribution in [1.29, 1.82) is 0 Å². The van der Waals surface area contributed by atoms with Crippen molar-refractivity contribution in [2.45, 2.75) is 25.3 Å². The average molecular weight is 147 g/mol. The highest BCUT2D eigenvalue weighted by Crippen LogP contribution is 2.33. The van der Waals surface area contributed by atoms with Crippen LogP contribution in [0, 0.1) is 0 Å². The van der Waals surface area contributed by atoms with E-state index >= 15 is 0 Å². The van der Waals surface area contributed by atoms with E-state index in [4.69, 9.17) is 5.73 Å². The van der Waals surface area contributed by atoms with Crippen molar-refractivity contribution in [2.75, 3.05) is 0 Å². The fraction of sp³-hybridized carbons (Fsp3) is 0.400. The van der Waals surface area contributed by atoms with Crippen molar-refractivity contribution < 1.29 is 0 Å². The van der Waals surface area contributed by atoms with Crippen molar-refractivity contribution in [3.63, 3.8) is 0 Å². The second-order valence-corrected chi connectivity index (χ2v) is 3.57. The van der Waals surface area contributed by atoms with Crippen LogP contribution in [0.5, 0.6) is 0 Å². The number of aryl methyl sites for hydroxylation is 1. The molecule has 1 heteroatoms. The van der Waals surface area contributed by atoms with Crippen LogP contribution in [0.2, 0.25) is 0 Å². The molecule has 0 spiro atoms. The predicted octanol–water partition coefficient (Wildman–Crippen LogP) is 1.81. The van der Waals surface area contributed by atoms with Crippen LogP contribution in [0.1, 0.15) is 24.5 Å². The maximum absolute atomic E-state index is 6.09. The van der Waals surface area contributed by atoms with E-state index in [-0.39, 0.29) is 5.54 Å². The molecule has 0 bridgehead atoms. The van der Waals surface area contributed by atoms with E-state index in [0.717, 1.165) is 12.8 Å². The fourth-order valence-corrected chi connectivity index (χ4v) is 1.82. The van der Waals surface area contributed by atoms with Gasteiger partial charge in [-0.25, -0.2) is 0 Å². The zero-order valence-corrected chi connectivity index (χ0v) is 6.80. The van der Waals surface area contributed by atoms with Gasteiger partial charge in [0, 0.05) is 5.54 Å². The molecule has 0 aromatic heterocycles. The molecule has 0 heterocycles. The minimum absolute atomic E-state index is 0.0728. The zero-order valence-electron chi connectivity index (χ0n) is 6.80. The molecule has 1 atom stereocenters. The van der Waals surface area contributed by atoms with Gasteiger partial charge in [0.05, 0.1) is 0 Å². The summed E-state index contributed by atoms with van der Waals surface area (Å²) >= 11 is 0. The molecule has 1 aliphatic rings. The Morgan fingerprint density at radius 2 is 2.09 bits per heavy atom. The minimum atomic E-state index is -0.0728. The Morgan fingerprint density at radius 1 is 1.36 bits per heavy atom. The standard InChI is InChI=1S/C10H13N/c1-10(11)7-6-8-4-2-3-5-9(8)10/h2-5H,6-7,11H2,1H3/t10-/m0/s1. The number of nitrogens with two attached hydrogens (primary N) is 1. The van der Waals surface area contributed by atoms with Crippen LogP contribution in [-0.2, 0) is 12.0 Å². The Kier molecular flexibility index (Phi) is 1.30. The number of benzene rings is 1. The molecule has 1 aromatic rings. The van der Waals surface area contributed by atoms with Gasteiger partial charge in [-0.2, -0.15) is 0 Å². The summed E-state index contributed by atoms with van der Waals surface area (Å²) in [5, 5.41) is 0. The predicted molar refractivity (Wildman–Crippen MR) is 46.3 cm³/mol. The highest BCUT2D eigenvalue weighted by Gasteiger charge is 2.29. The Labute approximate surface area is 67.2 Å². The van der Waals surface area contributed by atoms with Crippen LogP contribution in [-0.4, -0.2) is 0 Å². The van der Waals surface area contributed by atoms with E-state index in [1.807, 2.05) is 0 Å². The van der Waals surface area contributed by atoms with E-state index in [9.17, 15) is 0 Å². The normalized spacial score (nSPS) is 28.5. The van der Waals surface area contributed by atoms with Crippen molar-refractivity contribution in [2.24, 2.45) is 5.73 Å². The van der Waals surface area contributed by atoms with Crippen molar-refractivity contribution in [3.8, 4) is 0 Å². The monoisotopic (exact) mass is 147 g/mol. The van der Waals surface area contributed by atoms with Gasteiger partial charge in [-0.1, -0.05) is 24.3 Å². The Bertz CT molecular complexity index is 276. The summed E-state index contributed by atoms with van der Waals surface area (Å²) in [6, 6.07) is 8.46. The molecule has 58 valence electrons. The maximum atomic E-state index is 6.09. The van der Waals surface area contributed by atoms with E-state index < -0.39 is 0 Å². The summed E-state index contributed by atoms with van der Waals surface area (Å²) < 4.78 is 0. The van der Waals surface area contributed by atoms with Crippen molar-refractivity contribution in [1.82, 2.24) is 0 Å². The molecule has 0 saturated heterocycles. The van der Waals surface area contributed by atoms with E-state index in [1.165, 1.54) is 11.1 Å². The maximum Gasteiger partial charge on any atom is 0.0386 e. The lowest BCUT2D eigenvalue weighted by molar-refractivity contribution is 0.492. The Balaban J connectivity index is 2.56. The third kappa shape index (κ3) is 0.962. The highest BCUT2D eigenvalue weighted by molar-refractivity contribution is 5.37. The number of fused-ring (bicyclic) bond motifs is 1. The molecular formula is C10H13N. The minimum Gasteiger partial charge on any atom is -0.322 e. The summed E-state index contributed by atoms with van der Waals surface area (Å²) in [6.45, 7) is 2.11. The van der Waals surface area contributed by atoms with Gasteiger partial charge in [-0.3, -0.25) is 0 Å². The molecule has 0 radical (unpaired) electrons. The first-order valence-corrected chi connectivity index (χ1v) is 4.07. The smallest absolute Gasteiger partial charge is 0.0386 e. The first-order chi connectivity index (χ1) is 5.20. The SMILES string of the molecule is C[C@]1(N)CCc2ccccc21. The average Bonchev–Trinajstić information content (AvgIpc) is 2.29. The zero-order chi connectivity index (χ0) is 7.90. The molecule has 0 saturated carbocycles. The van der Waals surface area contributed by atoms with Gasteiger partial charge in [0.1, 0.15) is 0 Å². The molecule has 2 N–H and O–H groups in total. The molecule has 2 rings (SSSR count). The summed E-state index contributed by atoms with van der Waals surface area (Å²) in [7, 11) is 0. The van der Waals surface area contributed by atoms with Crippen LogP contribution in [0.25, 0.3) is 0 Å². The van der Waals surface area contributed by atoms with Crippen molar-refractivity contribution in [3.05, 3.63) is 35.4 Å². The highest BCUT2D eigenvalue weighted by atomic mass is 14.7. The van der Waals surface area contributed by atoms with Gasteiger partial charge in [0.25, 0.3) is 0 Å². The topological polar surface area (TPSA) is 26.0 Å². The van der Waals surface area contributed by atoms with Gasteiger partial charge >= 0.3 is 0 Å². The lowest BCUT2D eigenvalue weighted by atomic mass is 9.96. The van der Waals surface area contributed by atoms with Gasteiger partial charge in [0.2, 0.25) is 0 Å². The second kappa shape index (κ2) is 2.08. The van der Waals surface area contributed by atoms with Gasteiger partial charge in [0.15, 0.2) is 0 Å². The lowest BCUT2D eigenvalue weighted by Gasteiger charge is -2.18. The van der Waals surface area contributed by atoms with Crippen LogP contribution in [0.3, 0.4) is 0 Å². The number of rotatable bonds is 0. The molecule has 0 unspecified atom stereocenters. The largest absolute Gasteiger partial charge is 0.322 e. The van der Waals surface area contributed by atoms with Crippen molar-refractivity contribution >= 4 is 0 Å². The summed E-state index contributed by atoms with van der Waals surface area (Å²) in [5.41, 5.74) is 8.78. The first-order valence-electron chi connectivity index (χ1n) is 4.07. The van der Waals surface area contributed by atoms with E-state index in [2.05, 4.69) is 31.2 Å². The van der Waals surface area contributed by atoms with Gasteiger partial charge < -0.3 is 5.73 Å². The van der Waals surface area contributed by atoms with E-state index in [0.29, 0.717) is 0 Å². The number of hydrogen-bond acceptors (Lipinski definition) is 1. The first kappa shape index (κ1) is 6.86. The lowest BCUT2D eigenvalue weighted by Crippen LogP contribution is -2.29. The molecule has 0 aliphatic heterocycles. The molecular weight excluding hydrogens is 134 g/mol. The molecule has 1 aromatic carbocycles. The van der Waals surface area contributed by atoms with Crippen LogP contribution >= 0.6 is 0 Å². The van der Waals surface area contributed by atoms with Crippen LogP contribution in [0.15, 0.2) is 24.3 Å². The molecule has 0 amide bonds. The summed E-state index contributed by atoms with van der Waals surface area (Å²) in [4.78, 5) is 0. The summed E-state index contributed by atoms with van der Waals surface area (Å²) in [5.74, 6) is 0. The quantitative estimate of drug-likeness (QED) is 0.595. The van der Waals surface area contributed by atoms with Gasteiger partial charge in [-0.05, 0) is 30.9 Å². The van der Waals surface area contributed by atoms with Gasteiger partial charge in [-0.15, -0.1) is 0 Å². The Morgan fingerprint density at radius 3 is 2.82 bits per heavy atom. The summed E-state index contributed by atoms with van der Waals surface area (Å²) in [6.07, 6.45) is 2.23.